The van der Waals surface area contributed by atoms with Gasteiger partial charge in [0.25, 0.3) is 11.5 Å². The highest BCUT2D eigenvalue weighted by Gasteiger charge is 2.22. The van der Waals surface area contributed by atoms with Crippen LogP contribution in [0.4, 0.5) is 5.69 Å². The number of nitrogens with one attached hydrogen (secondary N) is 1. The predicted octanol–water partition coefficient (Wildman–Crippen LogP) is 6.51. The summed E-state index contributed by atoms with van der Waals surface area (Å²) in [4.78, 5) is 30.8. The van der Waals surface area contributed by atoms with Crippen LogP contribution >= 0.6 is 15.9 Å². The molecule has 0 aliphatic heterocycles. The van der Waals surface area contributed by atoms with Gasteiger partial charge >= 0.3 is 0 Å². The first-order chi connectivity index (χ1) is 19.5. The number of rotatable bonds is 9. The van der Waals surface area contributed by atoms with Gasteiger partial charge in [-0.15, -0.1) is 0 Å². The van der Waals surface area contributed by atoms with E-state index in [1.54, 1.807) is 24.4 Å². The standard InChI is InChI=1S/C31H31BrN4O4/c1-2-39-28-17-21(13-16-27(28)40-20-29(37)34-24-11-7-4-8-12-24)19-33-36-30(22-9-5-3-6-10-22)35-26-15-14-23(32)18-25(26)31(36)38/h4,7-8,11-19,22H,2-3,5-6,9-10,20H2,1H3,(H,34,37). The molecular weight excluding hydrogens is 572 g/mol. The van der Waals surface area contributed by atoms with Gasteiger partial charge in [0, 0.05) is 16.1 Å². The Bertz CT molecular complexity index is 1580. The molecule has 1 saturated carbocycles. The van der Waals surface area contributed by atoms with Crippen LogP contribution in [0.3, 0.4) is 0 Å². The van der Waals surface area contributed by atoms with E-state index in [9.17, 15) is 9.59 Å². The van der Waals surface area contributed by atoms with Crippen LogP contribution in [-0.4, -0.2) is 35.0 Å². The van der Waals surface area contributed by atoms with Gasteiger partial charge in [-0.05, 0) is 73.9 Å². The van der Waals surface area contributed by atoms with Crippen molar-refractivity contribution in [2.45, 2.75) is 44.9 Å². The first-order valence-electron chi connectivity index (χ1n) is 13.5. The fourth-order valence-corrected chi connectivity index (χ4v) is 5.24. The molecule has 0 spiro atoms. The highest BCUT2D eigenvalue weighted by molar-refractivity contribution is 9.10. The molecule has 40 heavy (non-hydrogen) atoms. The number of hydrogen-bond acceptors (Lipinski definition) is 6. The molecule has 4 aromatic rings. The number of amides is 1. The van der Waals surface area contributed by atoms with Crippen molar-refractivity contribution >= 4 is 44.6 Å². The second-order valence-corrected chi connectivity index (χ2v) is 10.6. The Hall–Kier alpha value is -3.98. The Labute approximate surface area is 241 Å². The molecule has 8 nitrogen and oxygen atoms in total. The summed E-state index contributed by atoms with van der Waals surface area (Å²) in [7, 11) is 0. The van der Waals surface area contributed by atoms with Crippen LogP contribution in [-0.2, 0) is 4.79 Å². The van der Waals surface area contributed by atoms with Crippen molar-refractivity contribution in [3.63, 3.8) is 0 Å². The number of para-hydroxylation sites is 1. The summed E-state index contributed by atoms with van der Waals surface area (Å²) in [6.07, 6.45) is 7.04. The molecule has 1 amide bonds. The molecule has 1 aromatic heterocycles. The minimum absolute atomic E-state index is 0.166. The van der Waals surface area contributed by atoms with Gasteiger partial charge in [0.05, 0.1) is 23.7 Å². The Balaban J connectivity index is 1.40. The Morgan fingerprint density at radius 1 is 1.05 bits per heavy atom. The van der Waals surface area contributed by atoms with Crippen LogP contribution in [0, 0.1) is 0 Å². The summed E-state index contributed by atoms with van der Waals surface area (Å²) in [5.41, 5.74) is 1.90. The smallest absolute Gasteiger partial charge is 0.282 e. The van der Waals surface area contributed by atoms with Gasteiger partial charge in [0.2, 0.25) is 0 Å². The van der Waals surface area contributed by atoms with Gasteiger partial charge in [-0.1, -0.05) is 53.4 Å². The normalized spacial score (nSPS) is 13.9. The molecule has 3 aromatic carbocycles. The van der Waals surface area contributed by atoms with Gasteiger partial charge in [0.15, 0.2) is 18.1 Å². The van der Waals surface area contributed by atoms with Gasteiger partial charge < -0.3 is 14.8 Å². The van der Waals surface area contributed by atoms with E-state index < -0.39 is 0 Å². The second-order valence-electron chi connectivity index (χ2n) is 9.67. The first kappa shape index (κ1) is 27.6. The Kier molecular flexibility index (Phi) is 8.91. The average molecular weight is 604 g/mol. The Morgan fingerprint density at radius 2 is 1.85 bits per heavy atom. The molecule has 206 valence electrons. The largest absolute Gasteiger partial charge is 0.490 e. The summed E-state index contributed by atoms with van der Waals surface area (Å²) in [6, 6.07) is 20.1. The van der Waals surface area contributed by atoms with E-state index >= 15 is 0 Å². The van der Waals surface area contributed by atoms with E-state index in [0.717, 1.165) is 35.7 Å². The maximum absolute atomic E-state index is 13.6. The maximum Gasteiger partial charge on any atom is 0.282 e. The highest BCUT2D eigenvalue weighted by atomic mass is 79.9. The molecule has 5 rings (SSSR count). The van der Waals surface area contributed by atoms with Crippen molar-refractivity contribution in [3.8, 4) is 11.5 Å². The molecule has 0 unspecified atom stereocenters. The quantitative estimate of drug-likeness (QED) is 0.220. The number of aromatic nitrogens is 2. The molecule has 0 saturated heterocycles. The molecule has 1 fully saturated rings. The molecule has 1 aliphatic carbocycles. The van der Waals surface area contributed by atoms with Crippen molar-refractivity contribution in [1.29, 1.82) is 0 Å². The van der Waals surface area contributed by atoms with Crippen molar-refractivity contribution in [2.24, 2.45) is 5.10 Å². The predicted molar refractivity (Wildman–Crippen MR) is 161 cm³/mol. The van der Waals surface area contributed by atoms with Crippen LogP contribution in [0.1, 0.15) is 56.3 Å². The minimum Gasteiger partial charge on any atom is -0.490 e. The number of carbonyl (C=O) groups excluding carboxylic acids is 1. The summed E-state index contributed by atoms with van der Waals surface area (Å²) in [6.45, 7) is 2.13. The summed E-state index contributed by atoms with van der Waals surface area (Å²) >= 11 is 3.46. The SMILES string of the molecule is CCOc1cc(C=Nn2c(C3CCCCC3)nc3ccc(Br)cc3c2=O)ccc1OCC(=O)Nc1ccccc1. The highest BCUT2D eigenvalue weighted by Crippen LogP contribution is 2.32. The van der Waals surface area contributed by atoms with E-state index in [2.05, 4.69) is 26.3 Å². The molecule has 0 bridgehead atoms. The van der Waals surface area contributed by atoms with Crippen LogP contribution in [0.5, 0.6) is 11.5 Å². The summed E-state index contributed by atoms with van der Waals surface area (Å²) in [5.74, 6) is 1.54. The second kappa shape index (κ2) is 12.9. The lowest BCUT2D eigenvalue weighted by Crippen LogP contribution is -2.25. The number of benzene rings is 3. The topological polar surface area (TPSA) is 94.8 Å². The lowest BCUT2D eigenvalue weighted by atomic mass is 9.88. The first-order valence-corrected chi connectivity index (χ1v) is 14.3. The lowest BCUT2D eigenvalue weighted by Gasteiger charge is -2.22. The van der Waals surface area contributed by atoms with E-state index in [1.165, 1.54) is 11.1 Å². The van der Waals surface area contributed by atoms with Gasteiger partial charge in [-0.3, -0.25) is 9.59 Å². The third-order valence-electron chi connectivity index (χ3n) is 6.81. The van der Waals surface area contributed by atoms with E-state index in [-0.39, 0.29) is 24.0 Å². The van der Waals surface area contributed by atoms with E-state index in [0.29, 0.717) is 40.5 Å². The maximum atomic E-state index is 13.6. The van der Waals surface area contributed by atoms with Crippen molar-refractivity contribution in [3.05, 3.63) is 92.9 Å². The third-order valence-corrected chi connectivity index (χ3v) is 7.30. The Morgan fingerprint density at radius 3 is 2.62 bits per heavy atom. The zero-order valence-electron chi connectivity index (χ0n) is 22.3. The number of ether oxygens (including phenoxy) is 2. The molecule has 1 N–H and O–H groups in total. The molecular formula is C31H31BrN4O4. The fourth-order valence-electron chi connectivity index (χ4n) is 4.88. The van der Waals surface area contributed by atoms with Crippen molar-refractivity contribution < 1.29 is 14.3 Å². The number of anilines is 1. The van der Waals surface area contributed by atoms with Crippen molar-refractivity contribution in [1.82, 2.24) is 9.66 Å². The number of fused-ring (bicyclic) bond motifs is 1. The molecule has 9 heteroatoms. The van der Waals surface area contributed by atoms with Crippen LogP contribution < -0.4 is 20.3 Å². The van der Waals surface area contributed by atoms with Crippen LogP contribution in [0.25, 0.3) is 10.9 Å². The van der Waals surface area contributed by atoms with Crippen LogP contribution in [0.2, 0.25) is 0 Å². The minimum atomic E-state index is -0.274. The fraction of sp³-hybridized carbons (Fsp3) is 0.290. The van der Waals surface area contributed by atoms with Crippen LogP contribution in [0.15, 0.2) is 81.1 Å². The number of hydrogen-bond donors (Lipinski definition) is 1. The third kappa shape index (κ3) is 6.59. The van der Waals surface area contributed by atoms with Gasteiger partial charge in [0.1, 0.15) is 5.82 Å². The average Bonchev–Trinajstić information content (AvgIpc) is 2.97. The summed E-state index contributed by atoms with van der Waals surface area (Å²) < 4.78 is 13.8. The number of carbonyl (C=O) groups is 1. The molecule has 0 radical (unpaired) electrons. The van der Waals surface area contributed by atoms with Gasteiger partial charge in [-0.2, -0.15) is 9.78 Å². The molecule has 0 atom stereocenters. The lowest BCUT2D eigenvalue weighted by molar-refractivity contribution is -0.118. The van der Waals surface area contributed by atoms with Crippen molar-refractivity contribution in [2.75, 3.05) is 18.5 Å². The monoisotopic (exact) mass is 602 g/mol. The number of nitrogens with zero attached hydrogens (tertiary/aromatic N) is 3. The zero-order valence-corrected chi connectivity index (χ0v) is 23.9. The summed E-state index contributed by atoms with van der Waals surface area (Å²) in [5, 5.41) is 7.94. The number of halogens is 1. The van der Waals surface area contributed by atoms with E-state index in [1.807, 2.05) is 55.5 Å². The molecule has 1 heterocycles. The van der Waals surface area contributed by atoms with E-state index in [4.69, 9.17) is 14.5 Å². The zero-order chi connectivity index (χ0) is 27.9. The molecule has 1 aliphatic rings. The van der Waals surface area contributed by atoms with Gasteiger partial charge in [-0.25, -0.2) is 4.98 Å².